The van der Waals surface area contributed by atoms with Crippen LogP contribution in [-0.2, 0) is 10.2 Å². The molecule has 5 nitrogen and oxygen atoms in total. The van der Waals surface area contributed by atoms with Gasteiger partial charge in [0.15, 0.2) is 0 Å². The van der Waals surface area contributed by atoms with Crippen molar-refractivity contribution in [2.45, 2.75) is 45.1 Å². The van der Waals surface area contributed by atoms with Crippen molar-refractivity contribution in [3.63, 3.8) is 0 Å². The summed E-state index contributed by atoms with van der Waals surface area (Å²) in [5.41, 5.74) is 0. The van der Waals surface area contributed by atoms with Crippen LogP contribution in [0.4, 0.5) is 0 Å². The SMILES string of the molecule is CC1CCC(NS(=O)(=O)N2CCCC(CO)C2)C1. The second-order valence-corrected chi connectivity index (χ2v) is 7.49. The molecule has 18 heavy (non-hydrogen) atoms. The van der Waals surface area contributed by atoms with Gasteiger partial charge in [0.25, 0.3) is 10.2 Å². The van der Waals surface area contributed by atoms with Gasteiger partial charge in [0.05, 0.1) is 0 Å². The van der Waals surface area contributed by atoms with Crippen molar-refractivity contribution in [2.24, 2.45) is 11.8 Å². The van der Waals surface area contributed by atoms with Crippen LogP contribution in [0.15, 0.2) is 0 Å². The Labute approximate surface area is 110 Å². The third kappa shape index (κ3) is 3.44. The first-order valence-corrected chi connectivity index (χ1v) is 8.33. The molecule has 1 aliphatic heterocycles. The summed E-state index contributed by atoms with van der Waals surface area (Å²) >= 11 is 0. The molecule has 0 aromatic carbocycles. The van der Waals surface area contributed by atoms with Gasteiger partial charge in [-0.05, 0) is 43.9 Å². The molecule has 0 spiro atoms. The van der Waals surface area contributed by atoms with Gasteiger partial charge in [-0.15, -0.1) is 0 Å². The maximum atomic E-state index is 12.2. The number of hydrogen-bond acceptors (Lipinski definition) is 3. The summed E-state index contributed by atoms with van der Waals surface area (Å²) in [5, 5.41) is 9.15. The van der Waals surface area contributed by atoms with Gasteiger partial charge < -0.3 is 5.11 Å². The lowest BCUT2D eigenvalue weighted by Gasteiger charge is -2.31. The van der Waals surface area contributed by atoms with Crippen LogP contribution in [-0.4, -0.2) is 43.6 Å². The first-order valence-electron chi connectivity index (χ1n) is 6.89. The molecule has 3 atom stereocenters. The van der Waals surface area contributed by atoms with Crippen LogP contribution in [0.2, 0.25) is 0 Å². The van der Waals surface area contributed by atoms with Gasteiger partial charge in [0.1, 0.15) is 0 Å². The van der Waals surface area contributed by atoms with Crippen LogP contribution in [0, 0.1) is 11.8 Å². The van der Waals surface area contributed by atoms with Crippen molar-refractivity contribution in [1.82, 2.24) is 9.03 Å². The molecule has 1 aliphatic carbocycles. The molecule has 0 amide bonds. The highest BCUT2D eigenvalue weighted by molar-refractivity contribution is 7.87. The van der Waals surface area contributed by atoms with Gasteiger partial charge in [-0.1, -0.05) is 6.92 Å². The first-order chi connectivity index (χ1) is 8.51. The van der Waals surface area contributed by atoms with Crippen LogP contribution in [0.3, 0.4) is 0 Å². The summed E-state index contributed by atoms with van der Waals surface area (Å²) in [4.78, 5) is 0. The molecule has 2 N–H and O–H groups in total. The van der Waals surface area contributed by atoms with E-state index in [4.69, 9.17) is 5.11 Å². The smallest absolute Gasteiger partial charge is 0.279 e. The molecule has 2 aliphatic rings. The number of aliphatic hydroxyl groups excluding tert-OH is 1. The van der Waals surface area contributed by atoms with Crippen LogP contribution in [0.5, 0.6) is 0 Å². The molecule has 2 rings (SSSR count). The minimum atomic E-state index is -3.36. The van der Waals surface area contributed by atoms with E-state index in [1.165, 1.54) is 4.31 Å². The van der Waals surface area contributed by atoms with Gasteiger partial charge in [-0.3, -0.25) is 0 Å². The Balaban J connectivity index is 1.93. The molecule has 6 heteroatoms. The molecule has 2 fully saturated rings. The Kier molecular flexibility index (Phi) is 4.64. The molecule has 1 saturated heterocycles. The predicted octanol–water partition coefficient (Wildman–Crippen LogP) is 0.714. The second kappa shape index (κ2) is 5.86. The maximum absolute atomic E-state index is 12.2. The molecule has 3 unspecified atom stereocenters. The highest BCUT2D eigenvalue weighted by Gasteiger charge is 2.32. The van der Waals surface area contributed by atoms with Crippen molar-refractivity contribution in [3.8, 4) is 0 Å². The van der Waals surface area contributed by atoms with E-state index in [1.54, 1.807) is 0 Å². The summed E-state index contributed by atoms with van der Waals surface area (Å²) in [6, 6.07) is 0.0968. The Bertz CT molecular complexity index is 372. The van der Waals surface area contributed by atoms with E-state index in [0.717, 1.165) is 32.1 Å². The first kappa shape index (κ1) is 14.2. The van der Waals surface area contributed by atoms with Gasteiger partial charge >= 0.3 is 0 Å². The van der Waals surface area contributed by atoms with Crippen molar-refractivity contribution >= 4 is 10.2 Å². The summed E-state index contributed by atoms with van der Waals surface area (Å²) in [7, 11) is -3.36. The zero-order chi connectivity index (χ0) is 13.2. The van der Waals surface area contributed by atoms with Crippen molar-refractivity contribution in [1.29, 1.82) is 0 Å². The Morgan fingerprint density at radius 1 is 1.33 bits per heavy atom. The van der Waals surface area contributed by atoms with E-state index in [1.807, 2.05) is 0 Å². The van der Waals surface area contributed by atoms with E-state index in [9.17, 15) is 8.42 Å². The van der Waals surface area contributed by atoms with E-state index >= 15 is 0 Å². The Hall–Kier alpha value is -0.170. The number of hydrogen-bond donors (Lipinski definition) is 2. The fraction of sp³-hybridized carbons (Fsp3) is 1.00. The van der Waals surface area contributed by atoms with Gasteiger partial charge in [0.2, 0.25) is 0 Å². The minimum absolute atomic E-state index is 0.0759. The van der Waals surface area contributed by atoms with Gasteiger partial charge in [-0.2, -0.15) is 17.4 Å². The lowest BCUT2D eigenvalue weighted by Crippen LogP contribution is -2.49. The average Bonchev–Trinajstić information content (AvgIpc) is 2.74. The highest BCUT2D eigenvalue weighted by Crippen LogP contribution is 2.26. The fourth-order valence-electron chi connectivity index (χ4n) is 2.99. The van der Waals surface area contributed by atoms with E-state index in [-0.39, 0.29) is 18.6 Å². The molecule has 0 aromatic rings. The molecular formula is C12H24N2O3S. The highest BCUT2D eigenvalue weighted by atomic mass is 32.2. The second-order valence-electron chi connectivity index (χ2n) is 5.79. The molecule has 1 heterocycles. The predicted molar refractivity (Wildman–Crippen MR) is 70.2 cm³/mol. The summed E-state index contributed by atoms with van der Waals surface area (Å²) < 4.78 is 28.8. The largest absolute Gasteiger partial charge is 0.396 e. The molecule has 0 aromatic heterocycles. The molecule has 0 bridgehead atoms. The maximum Gasteiger partial charge on any atom is 0.279 e. The zero-order valence-corrected chi connectivity index (χ0v) is 11.8. The molecule has 106 valence electrons. The van der Waals surface area contributed by atoms with Gasteiger partial charge in [0, 0.05) is 25.7 Å². The van der Waals surface area contributed by atoms with Gasteiger partial charge in [-0.25, -0.2) is 0 Å². The molecular weight excluding hydrogens is 252 g/mol. The lowest BCUT2D eigenvalue weighted by atomic mass is 10.0. The standard InChI is InChI=1S/C12H24N2O3S/c1-10-4-5-12(7-10)13-18(16,17)14-6-2-3-11(8-14)9-15/h10-13,15H,2-9H2,1H3. The van der Waals surface area contributed by atoms with Crippen LogP contribution in [0.25, 0.3) is 0 Å². The Morgan fingerprint density at radius 3 is 2.72 bits per heavy atom. The summed E-state index contributed by atoms with van der Waals surface area (Å²) in [6.45, 7) is 3.27. The number of aliphatic hydroxyl groups is 1. The van der Waals surface area contributed by atoms with Crippen molar-refractivity contribution in [3.05, 3.63) is 0 Å². The number of rotatable bonds is 4. The van der Waals surface area contributed by atoms with Crippen LogP contribution in [0.1, 0.15) is 39.0 Å². The normalized spacial score (nSPS) is 34.9. The zero-order valence-electron chi connectivity index (χ0n) is 11.0. The molecule has 0 radical (unpaired) electrons. The van der Waals surface area contributed by atoms with Crippen LogP contribution >= 0.6 is 0 Å². The Morgan fingerprint density at radius 2 is 2.11 bits per heavy atom. The van der Waals surface area contributed by atoms with E-state index < -0.39 is 10.2 Å². The van der Waals surface area contributed by atoms with Crippen LogP contribution < -0.4 is 4.72 Å². The topological polar surface area (TPSA) is 69.6 Å². The fourth-order valence-corrected chi connectivity index (χ4v) is 4.55. The third-order valence-corrected chi connectivity index (χ3v) is 5.73. The van der Waals surface area contributed by atoms with Crippen molar-refractivity contribution in [2.75, 3.05) is 19.7 Å². The van der Waals surface area contributed by atoms with E-state index in [0.29, 0.717) is 19.0 Å². The average molecular weight is 276 g/mol. The monoisotopic (exact) mass is 276 g/mol. The van der Waals surface area contributed by atoms with E-state index in [2.05, 4.69) is 11.6 Å². The minimum Gasteiger partial charge on any atom is -0.396 e. The summed E-state index contributed by atoms with van der Waals surface area (Å²) in [6.07, 6.45) is 4.75. The van der Waals surface area contributed by atoms with Crippen molar-refractivity contribution < 1.29 is 13.5 Å². The number of nitrogens with one attached hydrogen (secondary N) is 1. The number of nitrogens with zero attached hydrogens (tertiary/aromatic N) is 1. The number of piperidine rings is 1. The molecule has 1 saturated carbocycles. The third-order valence-electron chi connectivity index (χ3n) is 4.09. The lowest BCUT2D eigenvalue weighted by molar-refractivity contribution is 0.164. The quantitative estimate of drug-likeness (QED) is 0.794. The summed E-state index contributed by atoms with van der Waals surface area (Å²) in [5.74, 6) is 0.710.